The van der Waals surface area contributed by atoms with Gasteiger partial charge in [-0.2, -0.15) is 11.8 Å². The predicted octanol–water partition coefficient (Wildman–Crippen LogP) is -0.503. The number of nitrogens with one attached hydrogen (secondary N) is 11. The first-order valence-corrected chi connectivity index (χ1v) is 34.8. The van der Waals surface area contributed by atoms with E-state index >= 15 is 0 Å². The number of fused-ring (bicyclic) bond motifs is 3. The lowest BCUT2D eigenvalue weighted by Crippen LogP contribution is -2.60. The van der Waals surface area contributed by atoms with Crippen LogP contribution in [0.5, 0.6) is 5.75 Å². The minimum atomic E-state index is -1.51. The summed E-state index contributed by atoms with van der Waals surface area (Å²) >= 11 is 1.87. The van der Waals surface area contributed by atoms with Crippen molar-refractivity contribution in [2.45, 2.75) is 183 Å². The maximum Gasteiger partial charge on any atom is 0.315 e. The number of ether oxygens (including phenoxy) is 3. The molecule has 7 rings (SSSR count). The molecule has 3 aliphatic heterocycles. The quantitative estimate of drug-likeness (QED) is 0.0223. The second-order valence-corrected chi connectivity index (χ2v) is 26.4. The Morgan fingerprint density at radius 1 is 0.663 bits per heavy atom. The number of imidazole rings is 1. The predicted molar refractivity (Wildman–Crippen MR) is 361 cm³/mol. The first-order chi connectivity index (χ1) is 47.3. The second kappa shape index (κ2) is 40.9. The Morgan fingerprint density at radius 2 is 1.27 bits per heavy atom. The van der Waals surface area contributed by atoms with Crippen molar-refractivity contribution < 1.29 is 67.3 Å². The Labute approximate surface area is 574 Å². The van der Waals surface area contributed by atoms with Gasteiger partial charge in [-0.1, -0.05) is 67.9 Å². The molecule has 2 aromatic heterocycles. The van der Waals surface area contributed by atoms with Gasteiger partial charge in [-0.05, 0) is 87.0 Å². The van der Waals surface area contributed by atoms with E-state index in [0.29, 0.717) is 99.4 Å². The lowest BCUT2D eigenvalue weighted by molar-refractivity contribution is -0.136. The third kappa shape index (κ3) is 26.9. The van der Waals surface area contributed by atoms with Crippen molar-refractivity contribution >= 4 is 71.0 Å². The molecule has 1 unspecified atom stereocenters. The van der Waals surface area contributed by atoms with Gasteiger partial charge in [0, 0.05) is 94.8 Å². The number of nitrogens with two attached hydrogens (primary N) is 2. The molecule has 10 atom stereocenters. The zero-order valence-corrected chi connectivity index (χ0v) is 56.6. The van der Waals surface area contributed by atoms with Gasteiger partial charge in [0.1, 0.15) is 42.0 Å². The normalized spacial score (nSPS) is 23.2. The fourth-order valence-electron chi connectivity index (χ4n) is 11.4. The number of carbonyl (C=O) groups excluding carboxylic acids is 10. The van der Waals surface area contributed by atoms with E-state index in [-0.39, 0.29) is 107 Å². The molecule has 0 spiro atoms. The van der Waals surface area contributed by atoms with Gasteiger partial charge in [0.05, 0.1) is 62.3 Å². The molecule has 0 aliphatic carbocycles. The average Bonchev–Trinajstić information content (AvgIpc) is 1.64. The van der Waals surface area contributed by atoms with Crippen LogP contribution < -0.4 is 64.6 Å². The van der Waals surface area contributed by atoms with Crippen LogP contribution in [0.25, 0.3) is 0 Å². The molecular formula is C66H97N17O14S. The molecule has 4 aromatic rings. The molecule has 98 heavy (non-hydrogen) atoms. The molecule has 0 saturated carbocycles. The van der Waals surface area contributed by atoms with Gasteiger partial charge in [-0.25, -0.2) is 9.78 Å². The summed E-state index contributed by atoms with van der Waals surface area (Å²) in [6.45, 7) is 6.63. The summed E-state index contributed by atoms with van der Waals surface area (Å²) in [6.07, 6.45) is 8.56. The number of phenols is 1. The van der Waals surface area contributed by atoms with Crippen molar-refractivity contribution in [1.82, 2.24) is 78.1 Å². The van der Waals surface area contributed by atoms with E-state index in [1.807, 2.05) is 11.8 Å². The first kappa shape index (κ1) is 76.6. The molecule has 2 fully saturated rings. The number of rotatable bonds is 31. The number of carbonyl (C=O) groups is 10. The Hall–Kier alpha value is -8.72. The van der Waals surface area contributed by atoms with Crippen molar-refractivity contribution in [2.75, 3.05) is 58.5 Å². The lowest BCUT2D eigenvalue weighted by atomic mass is 9.99. The van der Waals surface area contributed by atoms with Crippen LogP contribution in [0.15, 0.2) is 73.3 Å². The van der Waals surface area contributed by atoms with Gasteiger partial charge >= 0.3 is 6.03 Å². The number of benzene rings is 2. The minimum absolute atomic E-state index is 0.0107. The molecule has 536 valence electrons. The number of aryl methyl sites for hydroxylation is 1. The van der Waals surface area contributed by atoms with Gasteiger partial charge in [0.15, 0.2) is 0 Å². The topological polar surface area (TPSA) is 450 Å². The minimum Gasteiger partial charge on any atom is -0.508 e. The van der Waals surface area contributed by atoms with Crippen LogP contribution in [0.1, 0.15) is 113 Å². The summed E-state index contributed by atoms with van der Waals surface area (Å²) in [5.74, 6) is -5.48. The van der Waals surface area contributed by atoms with Crippen molar-refractivity contribution in [1.29, 1.82) is 0 Å². The highest BCUT2D eigenvalue weighted by Gasteiger charge is 2.43. The second-order valence-electron chi connectivity index (χ2n) is 25.2. The van der Waals surface area contributed by atoms with E-state index in [1.165, 1.54) is 24.7 Å². The van der Waals surface area contributed by atoms with E-state index in [9.17, 15) is 53.1 Å². The largest absolute Gasteiger partial charge is 0.508 e. The highest BCUT2D eigenvalue weighted by Crippen LogP contribution is 2.33. The Kier molecular flexibility index (Phi) is 32.0. The summed E-state index contributed by atoms with van der Waals surface area (Å²) in [4.78, 5) is 144. The summed E-state index contributed by atoms with van der Waals surface area (Å²) in [6, 6.07) is 5.78. The van der Waals surface area contributed by atoms with Crippen LogP contribution in [0.3, 0.4) is 0 Å². The van der Waals surface area contributed by atoms with E-state index < -0.39 is 89.6 Å². The maximum absolute atomic E-state index is 14.7. The molecule has 2 aromatic carbocycles. The van der Waals surface area contributed by atoms with Gasteiger partial charge < -0.3 is 88.9 Å². The van der Waals surface area contributed by atoms with Gasteiger partial charge in [-0.15, -0.1) is 5.10 Å². The zero-order valence-electron chi connectivity index (χ0n) is 55.8. The van der Waals surface area contributed by atoms with Crippen LogP contribution in [-0.4, -0.2) is 207 Å². The number of aromatic amines is 1. The molecular weight excluding hydrogens is 1290 g/mol. The number of urea groups is 1. The highest BCUT2D eigenvalue weighted by molar-refractivity contribution is 8.00. The average molecular weight is 1380 g/mol. The number of hydrogen-bond acceptors (Lipinski definition) is 19. The number of nitrogens with zero attached hydrogens (tertiary/aromatic N) is 4. The lowest BCUT2D eigenvalue weighted by Gasteiger charge is -2.28. The number of unbranched alkanes of at least 4 members (excludes halogenated alkanes) is 1. The summed E-state index contributed by atoms with van der Waals surface area (Å²) in [7, 11) is 0. The van der Waals surface area contributed by atoms with Gasteiger partial charge in [0.25, 0.3) is 0 Å². The molecule has 16 N–H and O–H groups in total. The number of amides is 11. The number of aromatic nitrogens is 5. The molecule has 0 radical (unpaired) electrons. The maximum atomic E-state index is 14.7. The van der Waals surface area contributed by atoms with E-state index in [0.717, 1.165) is 25.0 Å². The number of aromatic hydroxyl groups is 1. The standard InChI is InChI=1S/C66H97N17O14S/c1-41(2)32-50-62(90)74-49(21-22-56(68)85)61(89)78-53(36-44-37-69-40-72-44)65(93)73-48(60(88)71-24-11-27-96-29-31-97-30-28-95-26-10-23-70-57(86)16-7-6-15-55-58-54(39-98-55)79-66(94)80-58)14-8-9-25-83-38-45(81-82-83)35-47(67)59(87)75-51(33-42-12-4-3-5-13-42)63(91)77-52(64(92)76-50)34-43-17-19-46(84)20-18-43/h3-5,12-13,17-20,37-38,40-41,47-55,58,84H,6-11,14-16,21-36,39,67H2,1-2H3,(H2,68,85)(H,69,72)(H,70,86)(H,71,88)(H,73,93)(H,74,90)(H,75,87)(H,76,92)(H,77,91)(H,78,89)(H2,79,80,94)/t47-,48-,49-,50-,51-,52-,53-,54+,55?,58+/m0/s1. The molecule has 32 heteroatoms. The third-order valence-corrected chi connectivity index (χ3v) is 18.2. The summed E-state index contributed by atoms with van der Waals surface area (Å²) < 4.78 is 18.6. The molecule has 2 saturated heterocycles. The molecule has 3 aliphatic rings. The smallest absolute Gasteiger partial charge is 0.315 e. The summed E-state index contributed by atoms with van der Waals surface area (Å²) in [5.41, 5.74) is 14.0. The van der Waals surface area contributed by atoms with Crippen LogP contribution >= 0.6 is 11.8 Å². The third-order valence-electron chi connectivity index (χ3n) is 16.7. The summed E-state index contributed by atoms with van der Waals surface area (Å²) in [5, 5.41) is 47.2. The number of thioether (sulfide) groups is 1. The van der Waals surface area contributed by atoms with Crippen molar-refractivity contribution in [3.05, 3.63) is 95.8 Å². The van der Waals surface area contributed by atoms with Crippen LogP contribution in [0, 0.1) is 5.92 Å². The Morgan fingerprint density at radius 3 is 1.93 bits per heavy atom. The first-order valence-electron chi connectivity index (χ1n) is 33.8. The van der Waals surface area contributed by atoms with Gasteiger partial charge in [0.2, 0.25) is 53.2 Å². The zero-order chi connectivity index (χ0) is 70.2. The Balaban J connectivity index is 0.963. The van der Waals surface area contributed by atoms with E-state index in [1.54, 1.807) is 67.2 Å². The van der Waals surface area contributed by atoms with Gasteiger partial charge in [-0.3, -0.25) is 47.8 Å². The molecule has 5 heterocycles. The fourth-order valence-corrected chi connectivity index (χ4v) is 13.0. The number of primary amides is 1. The number of phenolic OH excluding ortho intramolecular Hbond substituents is 1. The fraction of sp³-hybridized carbons (Fsp3) is 0.591. The molecule has 2 bridgehead atoms. The van der Waals surface area contributed by atoms with Crippen molar-refractivity contribution in [3.8, 4) is 5.75 Å². The Bertz CT molecular complexity index is 3200. The van der Waals surface area contributed by atoms with Crippen LogP contribution in [-0.2, 0) is 89.6 Å². The monoisotopic (exact) mass is 1380 g/mol. The van der Waals surface area contributed by atoms with Crippen molar-refractivity contribution in [3.63, 3.8) is 0 Å². The molecule has 31 nitrogen and oxygen atoms in total. The number of H-pyrrole nitrogens is 1. The van der Waals surface area contributed by atoms with Crippen LogP contribution in [0.4, 0.5) is 4.79 Å². The molecule has 11 amide bonds. The van der Waals surface area contributed by atoms with Crippen LogP contribution in [0.2, 0.25) is 0 Å². The SMILES string of the molecule is CC(C)C[C@@H]1NC(=O)[C@H](Cc2ccc(O)cc2)NC(=O)[C@H](Cc2ccccc2)NC(=O)[C@@H](N)Cc2cn(nn2)CCCC[C@@H](C(=O)NCCCOCCOCCOCCCNC(=O)CCCCC2SC[C@H]3NC(=O)N[C@@H]23)NC(=O)[C@H](Cc2c[nH]cn2)NC(=O)[C@H](CCC(N)=O)NC1=O. The number of hydrogen-bond donors (Lipinski definition) is 14. The van der Waals surface area contributed by atoms with E-state index in [2.05, 4.69) is 73.4 Å². The van der Waals surface area contributed by atoms with Crippen molar-refractivity contribution in [2.24, 2.45) is 17.4 Å². The highest BCUT2D eigenvalue weighted by atomic mass is 32.2. The van der Waals surface area contributed by atoms with E-state index in [4.69, 9.17) is 25.7 Å².